The van der Waals surface area contributed by atoms with Gasteiger partial charge in [0, 0.05) is 17.1 Å². The number of benzene rings is 2. The Hall–Kier alpha value is -2.98. The predicted molar refractivity (Wildman–Crippen MR) is 147 cm³/mol. The van der Waals surface area contributed by atoms with Crippen molar-refractivity contribution in [3.8, 4) is 11.5 Å². The maximum absolute atomic E-state index is 13.8. The lowest BCUT2D eigenvalue weighted by atomic mass is 9.94. The van der Waals surface area contributed by atoms with Gasteiger partial charge in [-0.2, -0.15) is 4.98 Å². The number of amides is 1. The molecule has 3 aromatic rings. The molecule has 0 saturated heterocycles. The molecule has 4 rings (SSSR count). The Morgan fingerprint density at radius 1 is 1.22 bits per heavy atom. The third kappa shape index (κ3) is 4.97. The molecular weight excluding hydrogens is 542 g/mol. The van der Waals surface area contributed by atoms with Crippen LogP contribution in [-0.2, 0) is 4.79 Å². The van der Waals surface area contributed by atoms with E-state index in [9.17, 15) is 4.79 Å². The molecule has 1 unspecified atom stereocenters. The van der Waals surface area contributed by atoms with E-state index in [1.807, 2.05) is 51.1 Å². The molecule has 2 aromatic carbocycles. The number of hydrogen-bond acceptors (Lipinski definition) is 7. The maximum atomic E-state index is 13.8. The number of hydrogen-bond donors (Lipinski definition) is 2. The summed E-state index contributed by atoms with van der Waals surface area (Å²) in [6, 6.07) is 9.15. The van der Waals surface area contributed by atoms with Crippen LogP contribution in [0.2, 0.25) is 0 Å². The molecule has 0 aliphatic carbocycles. The van der Waals surface area contributed by atoms with Crippen LogP contribution in [0, 0.1) is 13.8 Å². The highest BCUT2D eigenvalue weighted by Crippen LogP contribution is 2.43. The summed E-state index contributed by atoms with van der Waals surface area (Å²) in [4.78, 5) is 18.5. The van der Waals surface area contributed by atoms with Crippen molar-refractivity contribution in [1.82, 2.24) is 14.8 Å². The minimum atomic E-state index is -0.536. The van der Waals surface area contributed by atoms with Gasteiger partial charge in [0.15, 0.2) is 11.5 Å². The van der Waals surface area contributed by atoms with Crippen LogP contribution in [0.25, 0.3) is 0 Å². The molecule has 0 radical (unpaired) electrons. The first-order chi connectivity index (χ1) is 17.3. The number of allylic oxidation sites excluding steroid dienone is 1. The van der Waals surface area contributed by atoms with E-state index in [1.165, 1.54) is 0 Å². The summed E-state index contributed by atoms with van der Waals surface area (Å²) in [7, 11) is 3.18. The Labute approximate surface area is 224 Å². The lowest BCUT2D eigenvalue weighted by Gasteiger charge is -2.29. The van der Waals surface area contributed by atoms with Gasteiger partial charge in [-0.25, -0.2) is 4.68 Å². The number of ether oxygens (including phenoxy) is 2. The van der Waals surface area contributed by atoms with Crippen LogP contribution in [0.5, 0.6) is 11.5 Å². The van der Waals surface area contributed by atoms with Crippen LogP contribution < -0.4 is 20.1 Å². The summed E-state index contributed by atoms with van der Waals surface area (Å²) in [5.41, 5.74) is 4.97. The first-order valence-corrected chi connectivity index (χ1v) is 13.4. The summed E-state index contributed by atoms with van der Waals surface area (Å²) in [6.07, 6.45) is 1.01. The van der Waals surface area contributed by atoms with Gasteiger partial charge in [-0.05, 0) is 78.0 Å². The molecule has 0 saturated carbocycles. The number of methoxy groups -OCH3 is 2. The molecule has 2 N–H and O–H groups in total. The number of carbonyl (C=O) groups is 1. The summed E-state index contributed by atoms with van der Waals surface area (Å²) in [5, 5.41) is 11.9. The summed E-state index contributed by atoms with van der Waals surface area (Å²) < 4.78 is 13.6. The minimum Gasteiger partial charge on any atom is -0.493 e. The number of carbonyl (C=O) groups excluding carboxylic acids is 1. The number of thioether (sulfide) groups is 1. The number of fused-ring (bicyclic) bond motifs is 1. The lowest BCUT2D eigenvalue weighted by Crippen LogP contribution is -2.31. The molecule has 36 heavy (non-hydrogen) atoms. The fourth-order valence-electron chi connectivity index (χ4n) is 4.16. The van der Waals surface area contributed by atoms with E-state index in [4.69, 9.17) is 14.6 Å². The standard InChI is InChI=1S/C26H30BrN5O3S/c1-7-11-36-26-30-25-28-16(4)21(24(33)29-19-10-8-9-14(2)15(19)3)22(32(25)31-26)17-12-18(27)23(35-6)20(13-17)34-5/h8-10,12-13,22H,7,11H2,1-6H3,(H,29,33)(H,28,30,31). The van der Waals surface area contributed by atoms with Crippen molar-refractivity contribution in [2.24, 2.45) is 0 Å². The van der Waals surface area contributed by atoms with E-state index in [0.29, 0.717) is 38.3 Å². The van der Waals surface area contributed by atoms with Crippen LogP contribution >= 0.6 is 27.7 Å². The van der Waals surface area contributed by atoms with Gasteiger partial charge in [-0.1, -0.05) is 30.8 Å². The highest BCUT2D eigenvalue weighted by atomic mass is 79.9. The zero-order valence-corrected chi connectivity index (χ0v) is 23.6. The van der Waals surface area contributed by atoms with E-state index in [1.54, 1.807) is 30.7 Å². The van der Waals surface area contributed by atoms with Crippen molar-refractivity contribution in [1.29, 1.82) is 0 Å². The topological polar surface area (TPSA) is 90.3 Å². The fraction of sp³-hybridized carbons (Fsp3) is 0.346. The minimum absolute atomic E-state index is 0.214. The van der Waals surface area contributed by atoms with Gasteiger partial charge in [-0.3, -0.25) is 4.79 Å². The largest absolute Gasteiger partial charge is 0.493 e. The van der Waals surface area contributed by atoms with Crippen LogP contribution in [0.4, 0.5) is 11.6 Å². The van der Waals surface area contributed by atoms with Crippen molar-refractivity contribution < 1.29 is 14.3 Å². The zero-order chi connectivity index (χ0) is 26.0. The number of aryl methyl sites for hydroxylation is 1. The number of rotatable bonds is 8. The zero-order valence-electron chi connectivity index (χ0n) is 21.2. The van der Waals surface area contributed by atoms with Crippen molar-refractivity contribution in [2.75, 3.05) is 30.6 Å². The van der Waals surface area contributed by atoms with E-state index in [-0.39, 0.29) is 5.91 Å². The second kappa shape index (κ2) is 11.0. The quantitative estimate of drug-likeness (QED) is 0.315. The average molecular weight is 573 g/mol. The number of nitrogens with zero attached hydrogens (tertiary/aromatic N) is 3. The highest BCUT2D eigenvalue weighted by molar-refractivity contribution is 9.10. The molecule has 1 atom stereocenters. The summed E-state index contributed by atoms with van der Waals surface area (Å²) in [5.74, 6) is 2.41. The van der Waals surface area contributed by atoms with Gasteiger partial charge in [0.25, 0.3) is 5.91 Å². The first-order valence-electron chi connectivity index (χ1n) is 11.6. The highest BCUT2D eigenvalue weighted by Gasteiger charge is 2.35. The second-order valence-electron chi connectivity index (χ2n) is 8.52. The first kappa shape index (κ1) is 26.1. The smallest absolute Gasteiger partial charge is 0.255 e. The number of anilines is 2. The Balaban J connectivity index is 1.84. The molecule has 1 aliphatic heterocycles. The molecule has 190 valence electrons. The molecule has 1 amide bonds. The number of aromatic nitrogens is 3. The number of nitrogens with one attached hydrogen (secondary N) is 2. The normalized spacial score (nSPS) is 14.8. The molecule has 8 nitrogen and oxygen atoms in total. The van der Waals surface area contributed by atoms with Gasteiger partial charge in [0.05, 0.1) is 24.3 Å². The van der Waals surface area contributed by atoms with E-state index < -0.39 is 6.04 Å². The summed E-state index contributed by atoms with van der Waals surface area (Å²) >= 11 is 5.19. The average Bonchev–Trinajstić information content (AvgIpc) is 3.26. The third-order valence-corrected chi connectivity index (χ3v) is 7.77. The van der Waals surface area contributed by atoms with Crippen molar-refractivity contribution in [3.05, 3.63) is 62.8 Å². The second-order valence-corrected chi connectivity index (χ2v) is 10.4. The van der Waals surface area contributed by atoms with Crippen LogP contribution in [0.3, 0.4) is 0 Å². The van der Waals surface area contributed by atoms with Gasteiger partial charge >= 0.3 is 0 Å². The van der Waals surface area contributed by atoms with Crippen LogP contribution in [0.1, 0.15) is 43.0 Å². The Kier molecular flexibility index (Phi) is 7.94. The number of halogens is 1. The van der Waals surface area contributed by atoms with Crippen molar-refractivity contribution in [2.45, 2.75) is 45.3 Å². The Morgan fingerprint density at radius 3 is 2.69 bits per heavy atom. The SMILES string of the molecule is CCCSc1nc2n(n1)C(c1cc(Br)c(OC)c(OC)c1)C(C(=O)Nc1cccc(C)c1C)=C(C)N2. The monoisotopic (exact) mass is 571 g/mol. The van der Waals surface area contributed by atoms with Gasteiger partial charge < -0.3 is 20.1 Å². The molecule has 1 aliphatic rings. The van der Waals surface area contributed by atoms with Gasteiger partial charge in [0.1, 0.15) is 6.04 Å². The fourth-order valence-corrected chi connectivity index (χ4v) is 5.47. The maximum Gasteiger partial charge on any atom is 0.255 e. The predicted octanol–water partition coefficient (Wildman–Crippen LogP) is 6.10. The van der Waals surface area contributed by atoms with E-state index in [2.05, 4.69) is 38.5 Å². The van der Waals surface area contributed by atoms with Crippen LogP contribution in [0.15, 0.2) is 51.2 Å². The van der Waals surface area contributed by atoms with Crippen LogP contribution in [-0.4, -0.2) is 40.6 Å². The molecule has 0 spiro atoms. The van der Waals surface area contributed by atoms with Gasteiger partial charge in [0.2, 0.25) is 11.1 Å². The van der Waals surface area contributed by atoms with Crippen molar-refractivity contribution in [3.63, 3.8) is 0 Å². The van der Waals surface area contributed by atoms with E-state index >= 15 is 0 Å². The molecule has 1 aromatic heterocycles. The molecule has 2 heterocycles. The summed E-state index contributed by atoms with van der Waals surface area (Å²) in [6.45, 7) is 8.03. The van der Waals surface area contributed by atoms with Gasteiger partial charge in [-0.15, -0.1) is 5.10 Å². The third-order valence-electron chi connectivity index (χ3n) is 6.14. The van der Waals surface area contributed by atoms with Crippen molar-refractivity contribution >= 4 is 45.2 Å². The van der Waals surface area contributed by atoms with E-state index in [0.717, 1.165) is 34.6 Å². The molecular formula is C26H30BrN5O3S. The Bertz CT molecular complexity index is 1340. The Morgan fingerprint density at radius 2 is 2.00 bits per heavy atom. The lowest BCUT2D eigenvalue weighted by molar-refractivity contribution is -0.113. The molecule has 10 heteroatoms. The molecule has 0 fully saturated rings. The molecule has 0 bridgehead atoms.